The van der Waals surface area contributed by atoms with Gasteiger partial charge in [-0.3, -0.25) is 0 Å². The molecule has 2 saturated heterocycles. The molecule has 2 aliphatic rings. The fourth-order valence-electron chi connectivity index (χ4n) is 6.74. The Hall–Kier alpha value is -5.24. The second-order valence-electron chi connectivity index (χ2n) is 13.6. The highest BCUT2D eigenvalue weighted by Gasteiger charge is 2.52. The molecule has 5 aromatic rings. The minimum absolute atomic E-state index is 0.0315. The number of carbonyl (C=O) groups is 2. The summed E-state index contributed by atoms with van der Waals surface area (Å²) < 4.78 is 56.4. The fraction of sp³-hybridized carbons (Fsp3) is 0.304. The summed E-state index contributed by atoms with van der Waals surface area (Å²) >= 11 is 0. The van der Waals surface area contributed by atoms with Gasteiger partial charge in [-0.15, -0.1) is 0 Å². The number of methoxy groups -OCH3 is 1. The minimum atomic E-state index is -1.08. The van der Waals surface area contributed by atoms with Crippen LogP contribution in [0, 0.1) is 0 Å². The summed E-state index contributed by atoms with van der Waals surface area (Å²) in [6.45, 7) is 0.495. The predicted molar refractivity (Wildman–Crippen MR) is 208 cm³/mol. The van der Waals surface area contributed by atoms with Crippen molar-refractivity contribution in [3.63, 3.8) is 0 Å². The molecule has 7 rings (SSSR count). The van der Waals surface area contributed by atoms with E-state index in [9.17, 15) is 9.59 Å². The molecule has 0 N–H and O–H groups in total. The lowest BCUT2D eigenvalue weighted by molar-refractivity contribution is -0.211. The second kappa shape index (κ2) is 20.3. The zero-order valence-electron chi connectivity index (χ0n) is 31.6. The lowest BCUT2D eigenvalue weighted by atomic mass is 10.1. The zero-order valence-corrected chi connectivity index (χ0v) is 31.6. The molecular formula is C46H46O11. The SMILES string of the molecule is CO[C@H]1O[C@H](CO[C@@H]2O[C@H](COC(=O)c3ccccc3)[C@@H](OC(=O)c3ccccc3)[C@@H]2OCc2ccccc2)[C@@H](OCc2ccccc2)[C@@H]1OCc1ccccc1. The van der Waals surface area contributed by atoms with Gasteiger partial charge in [0.1, 0.15) is 37.1 Å². The maximum atomic E-state index is 13.6. The summed E-state index contributed by atoms with van der Waals surface area (Å²) in [5, 5.41) is 0. The van der Waals surface area contributed by atoms with Crippen molar-refractivity contribution < 1.29 is 52.2 Å². The Morgan fingerprint density at radius 2 is 0.860 bits per heavy atom. The minimum Gasteiger partial charge on any atom is -0.459 e. The smallest absolute Gasteiger partial charge is 0.338 e. The largest absolute Gasteiger partial charge is 0.459 e. The van der Waals surface area contributed by atoms with Crippen LogP contribution in [0.1, 0.15) is 37.4 Å². The number of ether oxygens (including phenoxy) is 9. The van der Waals surface area contributed by atoms with E-state index in [1.54, 1.807) is 55.6 Å². The molecule has 0 amide bonds. The topological polar surface area (TPSA) is 117 Å². The highest BCUT2D eigenvalue weighted by molar-refractivity contribution is 5.90. The van der Waals surface area contributed by atoms with Gasteiger partial charge >= 0.3 is 11.9 Å². The van der Waals surface area contributed by atoms with Crippen LogP contribution in [-0.2, 0) is 62.5 Å². The monoisotopic (exact) mass is 774 g/mol. The Morgan fingerprint density at radius 1 is 0.456 bits per heavy atom. The molecule has 0 unspecified atom stereocenters. The quantitative estimate of drug-likeness (QED) is 0.0863. The molecule has 0 bridgehead atoms. The lowest BCUT2D eigenvalue weighted by Gasteiger charge is -2.27. The average Bonchev–Trinajstić information content (AvgIpc) is 3.79. The van der Waals surface area contributed by atoms with Crippen molar-refractivity contribution in [2.75, 3.05) is 20.3 Å². The Labute approximate surface area is 332 Å². The van der Waals surface area contributed by atoms with Crippen molar-refractivity contribution in [1.29, 1.82) is 0 Å². The Balaban J connectivity index is 1.12. The predicted octanol–water partition coefficient (Wildman–Crippen LogP) is 6.94. The highest BCUT2D eigenvalue weighted by atomic mass is 16.8. The molecule has 2 fully saturated rings. The molecular weight excluding hydrogens is 728 g/mol. The molecule has 2 heterocycles. The second-order valence-corrected chi connectivity index (χ2v) is 13.6. The third-order valence-corrected chi connectivity index (χ3v) is 9.69. The van der Waals surface area contributed by atoms with Crippen LogP contribution in [-0.4, -0.2) is 81.5 Å². The number of hydrogen-bond donors (Lipinski definition) is 0. The van der Waals surface area contributed by atoms with Crippen LogP contribution in [0.4, 0.5) is 0 Å². The summed E-state index contributed by atoms with van der Waals surface area (Å²) in [7, 11) is 1.56. The maximum absolute atomic E-state index is 13.6. The van der Waals surface area contributed by atoms with Crippen molar-refractivity contribution in [3.05, 3.63) is 179 Å². The van der Waals surface area contributed by atoms with Gasteiger partial charge in [-0.1, -0.05) is 127 Å². The van der Waals surface area contributed by atoms with E-state index < -0.39 is 61.1 Å². The van der Waals surface area contributed by atoms with Crippen molar-refractivity contribution in [2.24, 2.45) is 0 Å². The van der Waals surface area contributed by atoms with Gasteiger partial charge in [0, 0.05) is 7.11 Å². The lowest BCUT2D eigenvalue weighted by Crippen LogP contribution is -2.43. The van der Waals surface area contributed by atoms with E-state index in [-0.39, 0.29) is 19.8 Å². The van der Waals surface area contributed by atoms with Gasteiger partial charge in [-0.25, -0.2) is 9.59 Å². The van der Waals surface area contributed by atoms with E-state index in [0.717, 1.165) is 16.7 Å². The maximum Gasteiger partial charge on any atom is 0.338 e. The number of hydrogen-bond acceptors (Lipinski definition) is 11. The zero-order chi connectivity index (χ0) is 39.2. The molecule has 11 nitrogen and oxygen atoms in total. The normalized spacial score (nSPS) is 24.2. The standard InChI is InChI=1S/C46H46O11/c1-49-45-41(51-28-33-19-9-3-10-20-33)39(50-27-32-17-7-2-8-18-32)37(55-45)31-54-46-42(52-29-34-21-11-4-12-22-34)40(57-44(48)36-25-15-6-16-26-36)38(56-46)30-53-43(47)35-23-13-5-14-24-35/h2-26,37-42,45-46H,27-31H2,1H3/t37-,38-,39-,40-,41+,42+,45+,46-/m1/s1. The van der Waals surface area contributed by atoms with E-state index in [4.69, 9.17) is 42.6 Å². The van der Waals surface area contributed by atoms with Gasteiger partial charge in [0.2, 0.25) is 0 Å². The third-order valence-electron chi connectivity index (χ3n) is 9.69. The van der Waals surface area contributed by atoms with Crippen molar-refractivity contribution in [1.82, 2.24) is 0 Å². The van der Waals surface area contributed by atoms with Crippen LogP contribution in [0.5, 0.6) is 0 Å². The number of esters is 2. The first-order valence-corrected chi connectivity index (χ1v) is 19.0. The van der Waals surface area contributed by atoms with Gasteiger partial charge in [-0.05, 0) is 41.0 Å². The first-order chi connectivity index (χ1) is 28.1. The van der Waals surface area contributed by atoms with Gasteiger partial charge in [0.15, 0.2) is 18.7 Å². The molecule has 0 aliphatic carbocycles. The fourth-order valence-corrected chi connectivity index (χ4v) is 6.74. The van der Waals surface area contributed by atoms with Crippen molar-refractivity contribution in [3.8, 4) is 0 Å². The molecule has 0 aromatic heterocycles. The summed E-state index contributed by atoms with van der Waals surface area (Å²) in [6, 6.07) is 46.5. The van der Waals surface area contributed by atoms with Crippen molar-refractivity contribution >= 4 is 11.9 Å². The molecule has 0 spiro atoms. The molecule has 2 aliphatic heterocycles. The van der Waals surface area contributed by atoms with E-state index in [0.29, 0.717) is 24.3 Å². The Kier molecular flexibility index (Phi) is 14.2. The van der Waals surface area contributed by atoms with Crippen molar-refractivity contribution in [2.45, 2.75) is 69.0 Å². The molecule has 11 heteroatoms. The summed E-state index contributed by atoms with van der Waals surface area (Å²) in [5.74, 6) is -1.14. The molecule has 57 heavy (non-hydrogen) atoms. The van der Waals surface area contributed by atoms with E-state index >= 15 is 0 Å². The van der Waals surface area contributed by atoms with Gasteiger partial charge in [0.05, 0.1) is 37.6 Å². The third kappa shape index (κ3) is 10.8. The molecule has 8 atom stereocenters. The van der Waals surface area contributed by atoms with Crippen LogP contribution < -0.4 is 0 Å². The van der Waals surface area contributed by atoms with E-state index in [1.807, 2.05) is 103 Å². The summed E-state index contributed by atoms with van der Waals surface area (Å²) in [6.07, 6.45) is -6.64. The highest BCUT2D eigenvalue weighted by Crippen LogP contribution is 2.33. The molecule has 0 saturated carbocycles. The average molecular weight is 775 g/mol. The first kappa shape index (κ1) is 40.0. The molecule has 0 radical (unpaired) electrons. The Morgan fingerprint density at radius 3 is 1.35 bits per heavy atom. The molecule has 5 aromatic carbocycles. The van der Waals surface area contributed by atoms with E-state index in [1.165, 1.54) is 0 Å². The van der Waals surface area contributed by atoms with Crippen LogP contribution >= 0.6 is 0 Å². The number of rotatable bonds is 18. The van der Waals surface area contributed by atoms with Crippen LogP contribution in [0.15, 0.2) is 152 Å². The summed E-state index contributed by atoms with van der Waals surface area (Å²) in [5.41, 5.74) is 3.56. The van der Waals surface area contributed by atoms with Crippen LogP contribution in [0.25, 0.3) is 0 Å². The van der Waals surface area contributed by atoms with Gasteiger partial charge < -0.3 is 42.6 Å². The van der Waals surface area contributed by atoms with Gasteiger partial charge in [-0.2, -0.15) is 0 Å². The first-order valence-electron chi connectivity index (χ1n) is 19.0. The number of benzene rings is 5. The number of carbonyl (C=O) groups excluding carboxylic acids is 2. The van der Waals surface area contributed by atoms with Gasteiger partial charge in [0.25, 0.3) is 0 Å². The van der Waals surface area contributed by atoms with E-state index in [2.05, 4.69) is 0 Å². The summed E-state index contributed by atoms with van der Waals surface area (Å²) in [4.78, 5) is 26.6. The van der Waals surface area contributed by atoms with Crippen LogP contribution in [0.3, 0.4) is 0 Å². The van der Waals surface area contributed by atoms with Crippen LogP contribution in [0.2, 0.25) is 0 Å². The molecule has 296 valence electrons. The Bertz CT molecular complexity index is 1950.